The fourth-order valence-corrected chi connectivity index (χ4v) is 2.60. The van der Waals surface area contributed by atoms with Gasteiger partial charge in [0, 0.05) is 18.2 Å². The molecule has 6 heteroatoms. The standard InChI is InChI=1S/C14H15ClFN3O/c15-11-2-1-10(5-12(11)16)19-8-18-6-13(19)14(17)9-3-4-20-7-9/h1-2,5-6,8-9,14H,3-4,7,17H2. The maximum absolute atomic E-state index is 13.6. The van der Waals surface area contributed by atoms with Gasteiger partial charge in [0.25, 0.3) is 0 Å². The molecule has 1 aromatic carbocycles. The second kappa shape index (κ2) is 5.52. The summed E-state index contributed by atoms with van der Waals surface area (Å²) >= 11 is 5.71. The Balaban J connectivity index is 1.94. The molecule has 1 aliphatic heterocycles. The van der Waals surface area contributed by atoms with Crippen LogP contribution >= 0.6 is 11.6 Å². The van der Waals surface area contributed by atoms with Gasteiger partial charge in [0.05, 0.1) is 35.9 Å². The average molecular weight is 296 g/mol. The zero-order valence-electron chi connectivity index (χ0n) is 10.8. The number of aromatic nitrogens is 2. The number of nitrogens with two attached hydrogens (primary N) is 1. The summed E-state index contributed by atoms with van der Waals surface area (Å²) in [5, 5.41) is 0.101. The largest absolute Gasteiger partial charge is 0.381 e. The summed E-state index contributed by atoms with van der Waals surface area (Å²) in [7, 11) is 0. The first kappa shape index (κ1) is 13.5. The lowest BCUT2D eigenvalue weighted by molar-refractivity contribution is 0.180. The summed E-state index contributed by atoms with van der Waals surface area (Å²) in [6.07, 6.45) is 4.28. The predicted octanol–water partition coefficient (Wildman–Crippen LogP) is 2.70. The van der Waals surface area contributed by atoms with E-state index in [2.05, 4.69) is 4.98 Å². The molecule has 2 N–H and O–H groups in total. The Bertz CT molecular complexity index is 610. The van der Waals surface area contributed by atoms with Crippen LogP contribution in [-0.4, -0.2) is 22.8 Å². The molecular weight excluding hydrogens is 281 g/mol. The molecule has 0 radical (unpaired) electrons. The monoisotopic (exact) mass is 295 g/mol. The molecule has 0 bridgehead atoms. The summed E-state index contributed by atoms with van der Waals surface area (Å²) in [5.41, 5.74) is 7.80. The van der Waals surface area contributed by atoms with E-state index in [1.807, 2.05) is 0 Å². The number of benzene rings is 1. The van der Waals surface area contributed by atoms with E-state index in [0.29, 0.717) is 12.3 Å². The molecular formula is C14H15ClFN3O. The fourth-order valence-electron chi connectivity index (χ4n) is 2.48. The van der Waals surface area contributed by atoms with Crippen LogP contribution in [-0.2, 0) is 4.74 Å². The number of imidazole rings is 1. The Labute approximate surface area is 121 Å². The van der Waals surface area contributed by atoms with Gasteiger partial charge in [-0.3, -0.25) is 0 Å². The number of hydrogen-bond donors (Lipinski definition) is 1. The quantitative estimate of drug-likeness (QED) is 0.947. The summed E-state index contributed by atoms with van der Waals surface area (Å²) in [5.74, 6) is -0.191. The minimum absolute atomic E-state index is 0.101. The van der Waals surface area contributed by atoms with E-state index in [0.717, 1.165) is 18.7 Å². The second-order valence-electron chi connectivity index (χ2n) is 4.94. The molecule has 1 aliphatic rings. The topological polar surface area (TPSA) is 53.1 Å². The molecule has 0 aliphatic carbocycles. The first-order chi connectivity index (χ1) is 9.66. The van der Waals surface area contributed by atoms with Crippen molar-refractivity contribution in [3.63, 3.8) is 0 Å². The molecule has 0 saturated carbocycles. The van der Waals surface area contributed by atoms with Crippen LogP contribution in [0.5, 0.6) is 0 Å². The van der Waals surface area contributed by atoms with Gasteiger partial charge in [-0.05, 0) is 24.6 Å². The maximum Gasteiger partial charge on any atom is 0.143 e. The van der Waals surface area contributed by atoms with Crippen LogP contribution in [0.4, 0.5) is 4.39 Å². The van der Waals surface area contributed by atoms with Crippen molar-refractivity contribution in [2.24, 2.45) is 11.7 Å². The van der Waals surface area contributed by atoms with Crippen LogP contribution in [0.1, 0.15) is 18.2 Å². The van der Waals surface area contributed by atoms with Gasteiger partial charge in [-0.25, -0.2) is 9.37 Å². The molecule has 1 saturated heterocycles. The van der Waals surface area contributed by atoms with Crippen molar-refractivity contribution in [3.8, 4) is 5.69 Å². The van der Waals surface area contributed by atoms with Crippen molar-refractivity contribution in [1.82, 2.24) is 9.55 Å². The number of hydrogen-bond acceptors (Lipinski definition) is 3. The zero-order valence-corrected chi connectivity index (χ0v) is 11.6. The highest BCUT2D eigenvalue weighted by molar-refractivity contribution is 6.30. The normalized spacial score (nSPS) is 20.2. The second-order valence-corrected chi connectivity index (χ2v) is 5.34. The third-order valence-electron chi connectivity index (χ3n) is 3.66. The van der Waals surface area contributed by atoms with Gasteiger partial charge >= 0.3 is 0 Å². The zero-order chi connectivity index (χ0) is 14.1. The van der Waals surface area contributed by atoms with Gasteiger partial charge in [-0.15, -0.1) is 0 Å². The molecule has 3 rings (SSSR count). The van der Waals surface area contributed by atoms with Gasteiger partial charge in [-0.1, -0.05) is 11.6 Å². The first-order valence-electron chi connectivity index (χ1n) is 6.48. The molecule has 106 valence electrons. The Morgan fingerprint density at radius 2 is 2.35 bits per heavy atom. The van der Waals surface area contributed by atoms with E-state index in [1.54, 1.807) is 23.2 Å². The number of nitrogens with zero attached hydrogens (tertiary/aromatic N) is 2. The molecule has 4 nitrogen and oxygen atoms in total. The summed E-state index contributed by atoms with van der Waals surface area (Å²) in [6.45, 7) is 1.39. The van der Waals surface area contributed by atoms with E-state index in [-0.39, 0.29) is 17.0 Å². The lowest BCUT2D eigenvalue weighted by Gasteiger charge is -2.19. The molecule has 0 spiro atoms. The van der Waals surface area contributed by atoms with Crippen LogP contribution in [0.2, 0.25) is 5.02 Å². The van der Waals surface area contributed by atoms with Crippen LogP contribution in [0.3, 0.4) is 0 Å². The predicted molar refractivity (Wildman–Crippen MR) is 74.4 cm³/mol. The average Bonchev–Trinajstić information content (AvgIpc) is 3.11. The van der Waals surface area contributed by atoms with E-state index in [9.17, 15) is 4.39 Å². The van der Waals surface area contributed by atoms with E-state index in [4.69, 9.17) is 22.1 Å². The first-order valence-corrected chi connectivity index (χ1v) is 6.85. The molecule has 20 heavy (non-hydrogen) atoms. The minimum Gasteiger partial charge on any atom is -0.381 e. The number of rotatable bonds is 3. The molecule has 1 aromatic heterocycles. The van der Waals surface area contributed by atoms with Gasteiger partial charge in [0.1, 0.15) is 5.82 Å². The van der Waals surface area contributed by atoms with E-state index >= 15 is 0 Å². The van der Waals surface area contributed by atoms with Gasteiger partial charge in [-0.2, -0.15) is 0 Å². The molecule has 0 amide bonds. The SMILES string of the molecule is NC(c1cncn1-c1ccc(Cl)c(F)c1)C1CCOC1. The lowest BCUT2D eigenvalue weighted by Crippen LogP contribution is -2.24. The van der Waals surface area contributed by atoms with Crippen molar-refractivity contribution in [1.29, 1.82) is 0 Å². The molecule has 1 fully saturated rings. The summed E-state index contributed by atoms with van der Waals surface area (Å²) in [4.78, 5) is 4.13. The van der Waals surface area contributed by atoms with Crippen molar-refractivity contribution in [3.05, 3.63) is 47.3 Å². The van der Waals surface area contributed by atoms with E-state index in [1.165, 1.54) is 12.1 Å². The van der Waals surface area contributed by atoms with Crippen LogP contribution in [0, 0.1) is 11.7 Å². The lowest BCUT2D eigenvalue weighted by atomic mass is 9.97. The highest BCUT2D eigenvalue weighted by Crippen LogP contribution is 2.28. The molecule has 2 atom stereocenters. The van der Waals surface area contributed by atoms with E-state index < -0.39 is 5.82 Å². The Kier molecular flexibility index (Phi) is 3.74. The molecule has 2 aromatic rings. The highest BCUT2D eigenvalue weighted by atomic mass is 35.5. The Morgan fingerprint density at radius 1 is 1.50 bits per heavy atom. The minimum atomic E-state index is -0.457. The van der Waals surface area contributed by atoms with Crippen LogP contribution in [0.25, 0.3) is 5.69 Å². The van der Waals surface area contributed by atoms with Crippen LogP contribution < -0.4 is 5.73 Å². The van der Waals surface area contributed by atoms with Gasteiger partial charge in [0.15, 0.2) is 0 Å². The van der Waals surface area contributed by atoms with Crippen molar-refractivity contribution < 1.29 is 9.13 Å². The fraction of sp³-hybridized carbons (Fsp3) is 0.357. The van der Waals surface area contributed by atoms with Crippen molar-refractivity contribution >= 4 is 11.6 Å². The van der Waals surface area contributed by atoms with Gasteiger partial charge < -0.3 is 15.0 Å². The smallest absolute Gasteiger partial charge is 0.143 e. The van der Waals surface area contributed by atoms with Gasteiger partial charge in [0.2, 0.25) is 0 Å². The Hall–Kier alpha value is -1.43. The third kappa shape index (κ3) is 2.44. The van der Waals surface area contributed by atoms with Crippen molar-refractivity contribution in [2.45, 2.75) is 12.5 Å². The van der Waals surface area contributed by atoms with Crippen LogP contribution in [0.15, 0.2) is 30.7 Å². The maximum atomic E-state index is 13.6. The summed E-state index contributed by atoms with van der Waals surface area (Å²) < 4.78 is 20.8. The summed E-state index contributed by atoms with van der Waals surface area (Å²) in [6, 6.07) is 4.47. The highest BCUT2D eigenvalue weighted by Gasteiger charge is 2.26. The molecule has 2 heterocycles. The third-order valence-corrected chi connectivity index (χ3v) is 3.97. The Morgan fingerprint density at radius 3 is 3.05 bits per heavy atom. The number of halogens is 2. The number of ether oxygens (including phenoxy) is 1. The van der Waals surface area contributed by atoms with Crippen molar-refractivity contribution in [2.75, 3.05) is 13.2 Å². The molecule has 2 unspecified atom stereocenters.